The van der Waals surface area contributed by atoms with Crippen molar-refractivity contribution in [2.75, 3.05) is 0 Å². The van der Waals surface area contributed by atoms with Crippen LogP contribution in [0.1, 0.15) is 35.3 Å². The summed E-state index contributed by atoms with van der Waals surface area (Å²) in [7, 11) is 0. The van der Waals surface area contributed by atoms with Crippen molar-refractivity contribution >= 4 is 5.78 Å². The zero-order chi connectivity index (χ0) is 13.8. The molecule has 98 valence electrons. The number of hydrogen-bond acceptors (Lipinski definition) is 2. The Morgan fingerprint density at radius 1 is 1.32 bits per heavy atom. The molecule has 0 amide bonds. The number of nitrogens with zero attached hydrogens (tertiary/aromatic N) is 1. The first-order valence-electron chi connectivity index (χ1n) is 6.31. The van der Waals surface area contributed by atoms with E-state index in [4.69, 9.17) is 0 Å². The molecule has 2 aromatic rings. The summed E-state index contributed by atoms with van der Waals surface area (Å²) in [5, 5.41) is 0. The number of aromatic nitrogens is 1. The van der Waals surface area contributed by atoms with Crippen LogP contribution in [-0.4, -0.2) is 10.8 Å². The molecule has 1 aromatic carbocycles. The maximum absolute atomic E-state index is 13.6. The van der Waals surface area contributed by atoms with Crippen LogP contribution in [0.25, 0.3) is 0 Å². The summed E-state index contributed by atoms with van der Waals surface area (Å²) >= 11 is 0. The van der Waals surface area contributed by atoms with Crippen molar-refractivity contribution in [2.24, 2.45) is 5.92 Å². The van der Waals surface area contributed by atoms with Crippen LogP contribution in [0.3, 0.4) is 0 Å². The molecule has 0 aliphatic carbocycles. The first-order valence-corrected chi connectivity index (χ1v) is 6.31. The van der Waals surface area contributed by atoms with Gasteiger partial charge < -0.3 is 0 Å². The van der Waals surface area contributed by atoms with Gasteiger partial charge in [0.05, 0.1) is 11.8 Å². The normalized spacial score (nSPS) is 10.7. The molecule has 0 aliphatic rings. The maximum atomic E-state index is 13.6. The Hall–Kier alpha value is -2.03. The Morgan fingerprint density at radius 2 is 2.11 bits per heavy atom. The summed E-state index contributed by atoms with van der Waals surface area (Å²) in [6, 6.07) is 8.78. The molecule has 1 aromatic heterocycles. The van der Waals surface area contributed by atoms with Gasteiger partial charge in [0.15, 0.2) is 11.6 Å². The molecule has 0 fully saturated rings. The summed E-state index contributed by atoms with van der Waals surface area (Å²) in [6.45, 7) is 4.24. The van der Waals surface area contributed by atoms with Gasteiger partial charge in [0.2, 0.25) is 0 Å². The lowest BCUT2D eigenvalue weighted by atomic mass is 9.97. The maximum Gasteiger partial charge on any atom is 0.196 e. The third-order valence-corrected chi connectivity index (χ3v) is 2.85. The number of carbonyl (C=O) groups is 1. The number of benzene rings is 1. The molecule has 0 saturated heterocycles. The topological polar surface area (TPSA) is 30.0 Å². The predicted octanol–water partition coefficient (Wildman–Crippen LogP) is 3.65. The standard InChI is InChI=1S/C16H16FNO/c1-11(2)8-12-4-3-5-13(9-12)16(19)14-6-7-18-10-15(14)17/h3-7,9-11H,8H2,1-2H3. The van der Waals surface area contributed by atoms with Crippen molar-refractivity contribution in [1.29, 1.82) is 0 Å². The number of ketones is 1. The second-order valence-corrected chi connectivity index (χ2v) is 4.98. The third kappa shape index (κ3) is 3.25. The van der Waals surface area contributed by atoms with Gasteiger partial charge in [-0.15, -0.1) is 0 Å². The van der Waals surface area contributed by atoms with E-state index in [0.717, 1.165) is 18.2 Å². The summed E-state index contributed by atoms with van der Waals surface area (Å²) in [4.78, 5) is 15.9. The first kappa shape index (κ1) is 13.4. The summed E-state index contributed by atoms with van der Waals surface area (Å²) in [6.07, 6.45) is 3.39. The first-order chi connectivity index (χ1) is 9.08. The van der Waals surface area contributed by atoms with Gasteiger partial charge in [-0.1, -0.05) is 32.0 Å². The fourth-order valence-corrected chi connectivity index (χ4v) is 2.03. The molecule has 0 N–H and O–H groups in total. The van der Waals surface area contributed by atoms with Crippen molar-refractivity contribution < 1.29 is 9.18 Å². The molecule has 0 aliphatic heterocycles. The molecule has 0 atom stereocenters. The van der Waals surface area contributed by atoms with Crippen LogP contribution >= 0.6 is 0 Å². The van der Waals surface area contributed by atoms with Crippen LogP contribution in [0.4, 0.5) is 4.39 Å². The average Bonchev–Trinajstić information content (AvgIpc) is 2.38. The lowest BCUT2D eigenvalue weighted by Gasteiger charge is -2.07. The van der Waals surface area contributed by atoms with Gasteiger partial charge in [0.1, 0.15) is 0 Å². The Morgan fingerprint density at radius 3 is 2.79 bits per heavy atom. The number of halogens is 1. The van der Waals surface area contributed by atoms with Gasteiger partial charge in [0.25, 0.3) is 0 Å². The Balaban J connectivity index is 2.32. The highest BCUT2D eigenvalue weighted by Crippen LogP contribution is 2.15. The summed E-state index contributed by atoms with van der Waals surface area (Å²) in [5.74, 6) is -0.365. The van der Waals surface area contributed by atoms with Gasteiger partial charge in [-0.2, -0.15) is 0 Å². The summed E-state index contributed by atoms with van der Waals surface area (Å²) < 4.78 is 13.6. The van der Waals surface area contributed by atoms with Crippen molar-refractivity contribution in [2.45, 2.75) is 20.3 Å². The molecule has 0 unspecified atom stereocenters. The average molecular weight is 257 g/mol. The van der Waals surface area contributed by atoms with E-state index in [0.29, 0.717) is 11.5 Å². The second-order valence-electron chi connectivity index (χ2n) is 4.98. The molecule has 1 heterocycles. The number of pyridine rings is 1. The number of hydrogen-bond donors (Lipinski definition) is 0. The fraction of sp³-hybridized carbons (Fsp3) is 0.250. The highest BCUT2D eigenvalue weighted by atomic mass is 19.1. The van der Waals surface area contributed by atoms with E-state index < -0.39 is 5.82 Å². The number of rotatable bonds is 4. The van der Waals surface area contributed by atoms with Gasteiger partial charge in [-0.05, 0) is 30.0 Å². The van der Waals surface area contributed by atoms with Crippen LogP contribution in [0, 0.1) is 11.7 Å². The molecule has 0 saturated carbocycles. The van der Waals surface area contributed by atoms with E-state index in [9.17, 15) is 9.18 Å². The van der Waals surface area contributed by atoms with Crippen LogP contribution in [-0.2, 0) is 6.42 Å². The van der Waals surface area contributed by atoms with Gasteiger partial charge in [0, 0.05) is 11.8 Å². The monoisotopic (exact) mass is 257 g/mol. The van der Waals surface area contributed by atoms with Crippen molar-refractivity contribution in [3.63, 3.8) is 0 Å². The lowest BCUT2D eigenvalue weighted by Crippen LogP contribution is -2.05. The van der Waals surface area contributed by atoms with Crippen molar-refractivity contribution in [3.8, 4) is 0 Å². The SMILES string of the molecule is CC(C)Cc1cccc(C(=O)c2ccncc2F)c1. The molecule has 0 radical (unpaired) electrons. The minimum absolute atomic E-state index is 0.0664. The number of carbonyl (C=O) groups excluding carboxylic acids is 1. The smallest absolute Gasteiger partial charge is 0.196 e. The Kier molecular flexibility index (Phi) is 4.05. The van der Waals surface area contributed by atoms with Crippen LogP contribution in [0.5, 0.6) is 0 Å². The van der Waals surface area contributed by atoms with E-state index in [1.165, 1.54) is 12.3 Å². The van der Waals surface area contributed by atoms with Gasteiger partial charge >= 0.3 is 0 Å². The molecule has 2 nitrogen and oxygen atoms in total. The zero-order valence-corrected chi connectivity index (χ0v) is 11.1. The predicted molar refractivity (Wildman–Crippen MR) is 72.6 cm³/mol. The summed E-state index contributed by atoms with van der Waals surface area (Å²) in [5.41, 5.74) is 1.68. The Bertz CT molecular complexity index is 593. The van der Waals surface area contributed by atoms with Crippen LogP contribution in [0.15, 0.2) is 42.7 Å². The van der Waals surface area contributed by atoms with Crippen LogP contribution < -0.4 is 0 Å². The highest BCUT2D eigenvalue weighted by molar-refractivity contribution is 6.09. The van der Waals surface area contributed by atoms with E-state index in [-0.39, 0.29) is 11.3 Å². The molecule has 2 rings (SSSR count). The van der Waals surface area contributed by atoms with Crippen LogP contribution in [0.2, 0.25) is 0 Å². The molecule has 3 heteroatoms. The molecular formula is C16H16FNO. The Labute approximate surface area is 112 Å². The second kappa shape index (κ2) is 5.74. The van der Waals surface area contributed by atoms with E-state index in [1.807, 2.05) is 18.2 Å². The van der Waals surface area contributed by atoms with Crippen molar-refractivity contribution in [1.82, 2.24) is 4.98 Å². The minimum atomic E-state index is -0.582. The largest absolute Gasteiger partial charge is 0.288 e. The third-order valence-electron chi connectivity index (χ3n) is 2.85. The molecule has 0 spiro atoms. The molecular weight excluding hydrogens is 241 g/mol. The van der Waals surface area contributed by atoms with E-state index >= 15 is 0 Å². The van der Waals surface area contributed by atoms with Gasteiger partial charge in [-0.3, -0.25) is 9.78 Å². The highest BCUT2D eigenvalue weighted by Gasteiger charge is 2.14. The van der Waals surface area contributed by atoms with Crippen molar-refractivity contribution in [3.05, 3.63) is 65.2 Å². The fourth-order valence-electron chi connectivity index (χ4n) is 2.03. The zero-order valence-electron chi connectivity index (χ0n) is 11.1. The lowest BCUT2D eigenvalue weighted by molar-refractivity contribution is 0.103. The minimum Gasteiger partial charge on any atom is -0.288 e. The van der Waals surface area contributed by atoms with E-state index in [2.05, 4.69) is 18.8 Å². The molecule has 19 heavy (non-hydrogen) atoms. The molecule has 0 bridgehead atoms. The van der Waals surface area contributed by atoms with E-state index in [1.54, 1.807) is 6.07 Å². The quantitative estimate of drug-likeness (QED) is 0.782. The van der Waals surface area contributed by atoms with Gasteiger partial charge in [-0.25, -0.2) is 4.39 Å².